The molecule has 27 heavy (non-hydrogen) atoms. The topological polar surface area (TPSA) is 92.7 Å². The Morgan fingerprint density at radius 2 is 2.07 bits per heavy atom. The maximum absolute atomic E-state index is 12.6. The minimum absolute atomic E-state index is 0.0621. The molecule has 0 N–H and O–H groups in total. The molecule has 1 saturated heterocycles. The van der Waals surface area contributed by atoms with Crippen molar-refractivity contribution in [3.63, 3.8) is 0 Å². The molecule has 4 heterocycles. The molecule has 0 atom stereocenters. The number of carbonyl (C=O) groups is 1. The molecule has 0 bridgehead atoms. The average Bonchev–Trinajstić information content (AvgIpc) is 3.18. The third kappa shape index (κ3) is 2.56. The lowest BCUT2D eigenvalue weighted by atomic mass is 9.85. The number of fused-ring (bicyclic) bond motifs is 1. The summed E-state index contributed by atoms with van der Waals surface area (Å²) in [4.78, 5) is 16.5. The van der Waals surface area contributed by atoms with Gasteiger partial charge in [-0.3, -0.25) is 4.79 Å². The average molecular weight is 367 g/mol. The molecule has 0 radical (unpaired) electrons. The van der Waals surface area contributed by atoms with Crippen LogP contribution in [0.1, 0.15) is 47.1 Å². The predicted octanol–water partition coefficient (Wildman–Crippen LogP) is 1.65. The largest absolute Gasteiger partial charge is 0.361 e. The number of hydrogen-bond donors (Lipinski definition) is 0. The van der Waals surface area contributed by atoms with Crippen molar-refractivity contribution < 1.29 is 9.32 Å². The normalized spacial score (nSPS) is 17.8. The number of rotatable bonds is 4. The standard InChI is InChI=1S/C18H21N7O2/c1-11-14(8-19-27-11)18(26)23(2)13-9-24(10-13)16-7-6-15-20-21-17(25(15)22-16)12-4-3-5-12/h6-8,12-13H,3-5,9-10H2,1-2H3. The van der Waals surface area contributed by atoms with Crippen molar-refractivity contribution in [2.45, 2.75) is 38.1 Å². The second kappa shape index (κ2) is 6.04. The monoisotopic (exact) mass is 367 g/mol. The van der Waals surface area contributed by atoms with E-state index in [1.165, 1.54) is 12.6 Å². The zero-order valence-corrected chi connectivity index (χ0v) is 15.4. The third-order valence-corrected chi connectivity index (χ3v) is 5.78. The molecule has 9 nitrogen and oxygen atoms in total. The Kier molecular flexibility index (Phi) is 3.63. The smallest absolute Gasteiger partial charge is 0.259 e. The zero-order valence-electron chi connectivity index (χ0n) is 15.4. The van der Waals surface area contributed by atoms with Crippen molar-refractivity contribution in [3.05, 3.63) is 35.5 Å². The Labute approximate surface area is 155 Å². The molecule has 140 valence electrons. The molecular formula is C18H21N7O2. The molecule has 0 spiro atoms. The number of carbonyl (C=O) groups excluding carboxylic acids is 1. The van der Waals surface area contributed by atoms with Crippen molar-refractivity contribution in [2.24, 2.45) is 0 Å². The maximum atomic E-state index is 12.6. The van der Waals surface area contributed by atoms with Crippen LogP contribution in [-0.4, -0.2) is 62.0 Å². The Morgan fingerprint density at radius 1 is 1.26 bits per heavy atom. The van der Waals surface area contributed by atoms with Crippen LogP contribution in [0.3, 0.4) is 0 Å². The van der Waals surface area contributed by atoms with Crippen LogP contribution in [0.5, 0.6) is 0 Å². The van der Waals surface area contributed by atoms with Crippen LogP contribution in [0, 0.1) is 6.92 Å². The van der Waals surface area contributed by atoms with Crippen molar-refractivity contribution >= 4 is 17.4 Å². The maximum Gasteiger partial charge on any atom is 0.259 e. The van der Waals surface area contributed by atoms with Gasteiger partial charge in [0.25, 0.3) is 5.91 Å². The van der Waals surface area contributed by atoms with Gasteiger partial charge < -0.3 is 14.3 Å². The Balaban J connectivity index is 1.30. The van der Waals surface area contributed by atoms with Gasteiger partial charge in [-0.25, -0.2) is 0 Å². The second-order valence-electron chi connectivity index (χ2n) is 7.42. The quantitative estimate of drug-likeness (QED) is 0.692. The fourth-order valence-electron chi connectivity index (χ4n) is 3.63. The first kappa shape index (κ1) is 16.2. The van der Waals surface area contributed by atoms with Gasteiger partial charge in [-0.2, -0.15) is 4.52 Å². The van der Waals surface area contributed by atoms with Gasteiger partial charge in [0, 0.05) is 26.1 Å². The van der Waals surface area contributed by atoms with Gasteiger partial charge in [-0.1, -0.05) is 11.6 Å². The lowest BCUT2D eigenvalue weighted by molar-refractivity contribution is 0.0703. The van der Waals surface area contributed by atoms with Crippen LogP contribution in [-0.2, 0) is 0 Å². The highest BCUT2D eigenvalue weighted by atomic mass is 16.5. The number of aromatic nitrogens is 5. The highest BCUT2D eigenvalue weighted by Gasteiger charge is 2.35. The van der Waals surface area contributed by atoms with Crippen molar-refractivity contribution in [2.75, 3.05) is 25.0 Å². The number of likely N-dealkylation sites (N-methyl/N-ethyl adjacent to an activating group) is 1. The predicted molar refractivity (Wildman–Crippen MR) is 96.7 cm³/mol. The molecule has 1 saturated carbocycles. The number of nitrogens with zero attached hydrogens (tertiary/aromatic N) is 7. The van der Waals surface area contributed by atoms with E-state index in [9.17, 15) is 4.79 Å². The fourth-order valence-corrected chi connectivity index (χ4v) is 3.63. The minimum Gasteiger partial charge on any atom is -0.361 e. The summed E-state index contributed by atoms with van der Waals surface area (Å²) in [5.74, 6) is 2.81. The molecule has 5 rings (SSSR count). The summed E-state index contributed by atoms with van der Waals surface area (Å²) in [6.45, 7) is 3.23. The number of aryl methyl sites for hydroxylation is 1. The summed E-state index contributed by atoms with van der Waals surface area (Å²) in [5, 5.41) is 17.0. The Hall–Kier alpha value is -2.97. The third-order valence-electron chi connectivity index (χ3n) is 5.78. The molecule has 9 heteroatoms. The first-order chi connectivity index (χ1) is 13.1. The molecule has 0 unspecified atom stereocenters. The van der Waals surface area contributed by atoms with Gasteiger partial charge >= 0.3 is 0 Å². The molecular weight excluding hydrogens is 346 g/mol. The molecule has 2 fully saturated rings. The van der Waals surface area contributed by atoms with E-state index in [4.69, 9.17) is 9.62 Å². The molecule has 1 aliphatic heterocycles. The molecule has 3 aromatic rings. The van der Waals surface area contributed by atoms with E-state index < -0.39 is 0 Å². The van der Waals surface area contributed by atoms with E-state index in [2.05, 4.69) is 20.3 Å². The SMILES string of the molecule is Cc1oncc1C(=O)N(C)C1CN(c2ccc3nnc(C4CCC4)n3n2)C1. The minimum atomic E-state index is -0.0621. The van der Waals surface area contributed by atoms with E-state index in [1.807, 2.05) is 23.7 Å². The molecule has 3 aromatic heterocycles. The zero-order chi connectivity index (χ0) is 18.5. The van der Waals surface area contributed by atoms with Gasteiger partial charge in [0.2, 0.25) is 0 Å². The van der Waals surface area contributed by atoms with Crippen LogP contribution < -0.4 is 4.90 Å². The van der Waals surface area contributed by atoms with E-state index >= 15 is 0 Å². The number of anilines is 1. The van der Waals surface area contributed by atoms with Crippen molar-refractivity contribution in [1.29, 1.82) is 0 Å². The summed E-state index contributed by atoms with van der Waals surface area (Å²) in [6, 6.07) is 4.06. The molecule has 0 aromatic carbocycles. The van der Waals surface area contributed by atoms with Crippen LogP contribution in [0.25, 0.3) is 5.65 Å². The second-order valence-corrected chi connectivity index (χ2v) is 7.42. The lowest BCUT2D eigenvalue weighted by Crippen LogP contribution is -2.60. The first-order valence-corrected chi connectivity index (χ1v) is 9.27. The molecule has 1 aliphatic carbocycles. The summed E-state index contributed by atoms with van der Waals surface area (Å²) in [7, 11) is 1.82. The van der Waals surface area contributed by atoms with E-state index in [1.54, 1.807) is 11.8 Å². The Morgan fingerprint density at radius 3 is 2.74 bits per heavy atom. The fraction of sp³-hybridized carbons (Fsp3) is 0.500. The highest BCUT2D eigenvalue weighted by Crippen LogP contribution is 2.35. The van der Waals surface area contributed by atoms with Crippen LogP contribution in [0.4, 0.5) is 5.82 Å². The molecule has 1 amide bonds. The summed E-state index contributed by atoms with van der Waals surface area (Å²) < 4.78 is 6.88. The van der Waals surface area contributed by atoms with E-state index in [-0.39, 0.29) is 11.9 Å². The summed E-state index contributed by atoms with van der Waals surface area (Å²) in [5.41, 5.74) is 1.30. The van der Waals surface area contributed by atoms with Crippen molar-refractivity contribution in [3.8, 4) is 0 Å². The Bertz CT molecular complexity index is 1000. The van der Waals surface area contributed by atoms with Crippen LogP contribution >= 0.6 is 0 Å². The van der Waals surface area contributed by atoms with Gasteiger partial charge in [-0.05, 0) is 31.9 Å². The van der Waals surface area contributed by atoms with E-state index in [0.29, 0.717) is 17.2 Å². The lowest BCUT2D eigenvalue weighted by Gasteiger charge is -2.44. The van der Waals surface area contributed by atoms with Crippen molar-refractivity contribution in [1.82, 2.24) is 29.9 Å². The van der Waals surface area contributed by atoms with Gasteiger partial charge in [0.15, 0.2) is 11.5 Å². The number of amides is 1. The summed E-state index contributed by atoms with van der Waals surface area (Å²) in [6.07, 6.45) is 5.05. The van der Waals surface area contributed by atoms with Crippen LogP contribution in [0.15, 0.2) is 22.9 Å². The van der Waals surface area contributed by atoms with Crippen LogP contribution in [0.2, 0.25) is 0 Å². The van der Waals surface area contributed by atoms with Gasteiger partial charge in [0.05, 0.1) is 12.2 Å². The highest BCUT2D eigenvalue weighted by molar-refractivity contribution is 5.95. The number of hydrogen-bond acceptors (Lipinski definition) is 7. The summed E-state index contributed by atoms with van der Waals surface area (Å²) >= 11 is 0. The molecule has 2 aliphatic rings. The van der Waals surface area contributed by atoms with E-state index in [0.717, 1.165) is 43.2 Å². The first-order valence-electron chi connectivity index (χ1n) is 9.27. The van der Waals surface area contributed by atoms with Gasteiger partial charge in [0.1, 0.15) is 17.1 Å². The van der Waals surface area contributed by atoms with Gasteiger partial charge in [-0.15, -0.1) is 15.3 Å².